The molecule has 2 heteroatoms. The lowest BCUT2D eigenvalue weighted by Crippen LogP contribution is -1.89. The second-order valence-corrected chi connectivity index (χ2v) is 12.5. The third-order valence-electron chi connectivity index (χ3n) is 9.13. The summed E-state index contributed by atoms with van der Waals surface area (Å²) in [6, 6.07) is 43.8. The van der Waals surface area contributed by atoms with Crippen molar-refractivity contribution in [2.75, 3.05) is 0 Å². The fourth-order valence-corrected chi connectivity index (χ4v) is 5.96. The summed E-state index contributed by atoms with van der Waals surface area (Å²) in [5, 5.41) is 0. The minimum absolute atomic E-state index is 0.183. The van der Waals surface area contributed by atoms with Gasteiger partial charge in [0.25, 0.3) is 0 Å². The van der Waals surface area contributed by atoms with Crippen molar-refractivity contribution in [2.24, 2.45) is 0 Å². The van der Waals surface area contributed by atoms with Gasteiger partial charge in [-0.05, 0) is 106 Å². The molecule has 0 bridgehead atoms. The van der Waals surface area contributed by atoms with E-state index in [1.807, 2.05) is 60.7 Å². The first-order valence-electron chi connectivity index (χ1n) is 17.6. The molecule has 0 saturated heterocycles. The van der Waals surface area contributed by atoms with Gasteiger partial charge < -0.3 is 0 Å². The van der Waals surface area contributed by atoms with Crippen LogP contribution in [0.25, 0.3) is 44.5 Å². The Hall–Kier alpha value is -5.34. The third-order valence-corrected chi connectivity index (χ3v) is 9.13. The van der Waals surface area contributed by atoms with Crippen LogP contribution in [-0.4, -0.2) is 0 Å². The highest BCUT2D eigenvalue weighted by atomic mass is 19.1. The van der Waals surface area contributed by atoms with Crippen LogP contribution in [0.5, 0.6) is 0 Å². The number of hydrogen-bond acceptors (Lipinski definition) is 0. The molecular weight excluding hydrogens is 615 g/mol. The molecule has 0 unspecified atom stereocenters. The van der Waals surface area contributed by atoms with Crippen molar-refractivity contribution in [2.45, 2.75) is 52.4 Å². The number of aryl methyl sites for hydroxylation is 4. The molecule has 6 rings (SSSR count). The summed E-state index contributed by atoms with van der Waals surface area (Å²) in [7, 11) is 0. The van der Waals surface area contributed by atoms with E-state index in [-0.39, 0.29) is 11.6 Å². The van der Waals surface area contributed by atoms with Gasteiger partial charge in [0.1, 0.15) is 11.6 Å². The molecule has 0 amide bonds. The van der Waals surface area contributed by atoms with Gasteiger partial charge in [-0.1, -0.05) is 147 Å². The van der Waals surface area contributed by atoms with Crippen LogP contribution in [-0.2, 0) is 25.7 Å². The Balaban J connectivity index is 0.000000194. The molecule has 0 aliphatic rings. The molecule has 252 valence electrons. The molecule has 0 radical (unpaired) electrons. The van der Waals surface area contributed by atoms with Gasteiger partial charge in [0.2, 0.25) is 0 Å². The Bertz CT molecular complexity index is 1980. The standard InChI is InChI=1S/2C24H23F/c1-3-5-6-19-9-11-20(12-10-19)22-15-16-23(24(25)17-22)21-13-7-18(4-2)8-14-21;1-3-5-6-19-9-13-21(14-10-19)23-16-15-22(17-24(23)25)20-11-7-18(4-2)8-12-20/h2*3,7-17H,1,4-6H2,2H3. The van der Waals surface area contributed by atoms with E-state index in [2.05, 4.69) is 99.8 Å². The number of halogens is 2. The van der Waals surface area contributed by atoms with Gasteiger partial charge in [-0.2, -0.15) is 0 Å². The lowest BCUT2D eigenvalue weighted by Gasteiger charge is -2.08. The van der Waals surface area contributed by atoms with Crippen LogP contribution in [0.2, 0.25) is 0 Å². The molecule has 0 N–H and O–H groups in total. The Morgan fingerprint density at radius 1 is 0.400 bits per heavy atom. The number of rotatable bonds is 12. The summed E-state index contributed by atoms with van der Waals surface area (Å²) in [5.74, 6) is -0.367. The maximum absolute atomic E-state index is 14.7. The van der Waals surface area contributed by atoms with E-state index in [1.54, 1.807) is 12.1 Å². The van der Waals surface area contributed by atoms with Crippen LogP contribution in [0.4, 0.5) is 8.78 Å². The van der Waals surface area contributed by atoms with Crippen LogP contribution >= 0.6 is 0 Å². The Morgan fingerprint density at radius 2 is 0.700 bits per heavy atom. The summed E-state index contributed by atoms with van der Waals surface area (Å²) < 4.78 is 29.3. The van der Waals surface area contributed by atoms with E-state index >= 15 is 0 Å². The van der Waals surface area contributed by atoms with E-state index in [0.717, 1.165) is 71.9 Å². The number of benzene rings is 6. The molecular formula is C48H46F2. The summed E-state index contributed by atoms with van der Waals surface area (Å²) in [6.07, 6.45) is 9.73. The van der Waals surface area contributed by atoms with Crippen LogP contribution in [0, 0.1) is 11.6 Å². The zero-order chi connectivity index (χ0) is 35.3. The van der Waals surface area contributed by atoms with Crippen LogP contribution in [0.15, 0.2) is 159 Å². The lowest BCUT2D eigenvalue weighted by molar-refractivity contribution is 0.631. The van der Waals surface area contributed by atoms with Crippen LogP contribution in [0.1, 0.15) is 48.9 Å². The minimum atomic E-state index is -0.184. The molecule has 0 aliphatic carbocycles. The normalized spacial score (nSPS) is 10.6. The second-order valence-electron chi connectivity index (χ2n) is 12.5. The second kappa shape index (κ2) is 17.9. The number of allylic oxidation sites excluding steroid dienone is 2. The average molecular weight is 661 g/mol. The molecule has 0 fully saturated rings. The van der Waals surface area contributed by atoms with E-state index in [1.165, 1.54) is 22.3 Å². The smallest absolute Gasteiger partial charge is 0.131 e. The van der Waals surface area contributed by atoms with Gasteiger partial charge in [-0.25, -0.2) is 8.78 Å². The highest BCUT2D eigenvalue weighted by molar-refractivity contribution is 5.72. The fourth-order valence-electron chi connectivity index (χ4n) is 5.96. The lowest BCUT2D eigenvalue weighted by atomic mass is 9.97. The third kappa shape index (κ3) is 9.42. The van der Waals surface area contributed by atoms with Crippen molar-refractivity contribution < 1.29 is 8.78 Å². The summed E-state index contributed by atoms with van der Waals surface area (Å²) in [5.41, 5.74) is 12.1. The molecule has 6 aromatic rings. The van der Waals surface area contributed by atoms with Crippen molar-refractivity contribution in [1.29, 1.82) is 0 Å². The highest BCUT2D eigenvalue weighted by Crippen LogP contribution is 2.30. The van der Waals surface area contributed by atoms with Crippen molar-refractivity contribution in [3.05, 3.63) is 193 Å². The first kappa shape index (κ1) is 36.0. The fraction of sp³-hybridized carbons (Fsp3) is 0.167. The van der Waals surface area contributed by atoms with Crippen molar-refractivity contribution >= 4 is 0 Å². The Labute approximate surface area is 297 Å². The maximum atomic E-state index is 14.7. The molecule has 0 aliphatic heterocycles. The van der Waals surface area contributed by atoms with Crippen molar-refractivity contribution in [3.8, 4) is 44.5 Å². The SMILES string of the molecule is C=CCCc1ccc(-c2ccc(-c3ccc(CC)cc3)c(F)c2)cc1.C=CCCc1ccc(-c2ccc(-c3ccc(CC)cc3)cc2F)cc1. The predicted octanol–water partition coefficient (Wildman–Crippen LogP) is 13.7. The summed E-state index contributed by atoms with van der Waals surface area (Å²) in [4.78, 5) is 0. The monoisotopic (exact) mass is 660 g/mol. The highest BCUT2D eigenvalue weighted by Gasteiger charge is 2.09. The van der Waals surface area contributed by atoms with E-state index in [9.17, 15) is 8.78 Å². The molecule has 0 aromatic heterocycles. The van der Waals surface area contributed by atoms with E-state index < -0.39 is 0 Å². The topological polar surface area (TPSA) is 0 Å². The Kier molecular flexibility index (Phi) is 12.9. The molecule has 6 aromatic carbocycles. The van der Waals surface area contributed by atoms with Crippen LogP contribution < -0.4 is 0 Å². The quantitative estimate of drug-likeness (QED) is 0.115. The molecule has 0 spiro atoms. The Morgan fingerprint density at radius 3 is 1.00 bits per heavy atom. The molecule has 0 atom stereocenters. The largest absolute Gasteiger partial charge is 0.206 e. The first-order valence-corrected chi connectivity index (χ1v) is 17.6. The first-order chi connectivity index (χ1) is 24.4. The van der Waals surface area contributed by atoms with E-state index in [0.29, 0.717) is 11.1 Å². The molecule has 0 saturated carbocycles. The zero-order valence-corrected chi connectivity index (χ0v) is 29.3. The summed E-state index contributed by atoms with van der Waals surface area (Å²) >= 11 is 0. The van der Waals surface area contributed by atoms with Gasteiger partial charge in [0.15, 0.2) is 0 Å². The van der Waals surface area contributed by atoms with Gasteiger partial charge in [-0.3, -0.25) is 0 Å². The van der Waals surface area contributed by atoms with Gasteiger partial charge in [0, 0.05) is 11.1 Å². The number of hydrogen-bond donors (Lipinski definition) is 0. The minimum Gasteiger partial charge on any atom is -0.206 e. The summed E-state index contributed by atoms with van der Waals surface area (Å²) in [6.45, 7) is 11.7. The predicted molar refractivity (Wildman–Crippen MR) is 210 cm³/mol. The van der Waals surface area contributed by atoms with Gasteiger partial charge in [0.05, 0.1) is 0 Å². The molecule has 0 nitrogen and oxygen atoms in total. The van der Waals surface area contributed by atoms with Gasteiger partial charge in [-0.15, -0.1) is 13.2 Å². The van der Waals surface area contributed by atoms with Crippen LogP contribution in [0.3, 0.4) is 0 Å². The van der Waals surface area contributed by atoms with Gasteiger partial charge >= 0.3 is 0 Å². The maximum Gasteiger partial charge on any atom is 0.131 e. The van der Waals surface area contributed by atoms with Crippen molar-refractivity contribution in [3.63, 3.8) is 0 Å². The van der Waals surface area contributed by atoms with Crippen molar-refractivity contribution in [1.82, 2.24) is 0 Å². The molecule has 50 heavy (non-hydrogen) atoms. The zero-order valence-electron chi connectivity index (χ0n) is 29.3. The van der Waals surface area contributed by atoms with E-state index in [4.69, 9.17) is 0 Å². The average Bonchev–Trinajstić information content (AvgIpc) is 3.17. The molecule has 0 heterocycles.